The van der Waals surface area contributed by atoms with Gasteiger partial charge in [-0.2, -0.15) is 0 Å². The first-order valence-electron chi connectivity index (χ1n) is 7.54. The fourth-order valence-electron chi connectivity index (χ4n) is 2.41. The van der Waals surface area contributed by atoms with Crippen molar-refractivity contribution in [3.8, 4) is 11.1 Å². The van der Waals surface area contributed by atoms with E-state index in [-0.39, 0.29) is 5.57 Å². The van der Waals surface area contributed by atoms with Gasteiger partial charge in [-0.05, 0) is 11.6 Å². The molecule has 0 spiro atoms. The quantitative estimate of drug-likeness (QED) is 0.532. The predicted molar refractivity (Wildman–Crippen MR) is 89.8 cm³/mol. The van der Waals surface area contributed by atoms with Gasteiger partial charge in [0.1, 0.15) is 0 Å². The minimum atomic E-state index is -1.24. The van der Waals surface area contributed by atoms with Gasteiger partial charge >= 0.3 is 11.9 Å². The lowest BCUT2D eigenvalue weighted by Crippen LogP contribution is -2.42. The molecule has 1 heterocycles. The first-order chi connectivity index (χ1) is 11.5. The zero-order valence-corrected chi connectivity index (χ0v) is 13.4. The molecule has 0 aromatic heterocycles. The van der Waals surface area contributed by atoms with Crippen LogP contribution < -0.4 is 5.32 Å². The first-order valence-corrected chi connectivity index (χ1v) is 7.54. The molecule has 1 fully saturated rings. The Morgan fingerprint density at radius 3 is 2.12 bits per heavy atom. The molecule has 0 amide bonds. The number of esters is 2. The molecule has 0 radical (unpaired) electrons. The minimum absolute atomic E-state index is 0.169. The molecule has 1 aliphatic rings. The molecule has 1 N–H and O–H groups in total. The van der Waals surface area contributed by atoms with Gasteiger partial charge in [0.25, 0.3) is 5.79 Å². The Bertz CT molecular complexity index is 787. The number of benzene rings is 2. The average molecular weight is 323 g/mol. The van der Waals surface area contributed by atoms with E-state index in [4.69, 9.17) is 9.47 Å². The lowest BCUT2D eigenvalue weighted by molar-refractivity contribution is -0.222. The highest BCUT2D eigenvalue weighted by Crippen LogP contribution is 2.28. The van der Waals surface area contributed by atoms with Gasteiger partial charge in [-0.1, -0.05) is 48.5 Å². The SMILES string of the molecule is CC1(C)OC(=O)C(=CNc2ccccc2-c2ccccc2)C(=O)O1. The van der Waals surface area contributed by atoms with Crippen LogP contribution >= 0.6 is 0 Å². The average Bonchev–Trinajstić information content (AvgIpc) is 2.54. The highest BCUT2D eigenvalue weighted by molar-refractivity contribution is 6.15. The second kappa shape index (κ2) is 6.20. The van der Waals surface area contributed by atoms with E-state index in [2.05, 4.69) is 5.32 Å². The predicted octanol–water partition coefficient (Wildman–Crippen LogP) is 3.49. The van der Waals surface area contributed by atoms with Gasteiger partial charge in [0, 0.05) is 31.3 Å². The van der Waals surface area contributed by atoms with Crippen LogP contribution in [0.15, 0.2) is 66.4 Å². The van der Waals surface area contributed by atoms with Gasteiger partial charge in [0.15, 0.2) is 5.57 Å². The van der Waals surface area contributed by atoms with Crippen LogP contribution in [0.2, 0.25) is 0 Å². The number of nitrogens with one attached hydrogen (secondary N) is 1. The van der Waals surface area contributed by atoms with Crippen molar-refractivity contribution in [2.24, 2.45) is 0 Å². The molecule has 1 aliphatic heterocycles. The summed E-state index contributed by atoms with van der Waals surface area (Å²) in [5.74, 6) is -2.66. The maximum absolute atomic E-state index is 12.0. The first kappa shape index (κ1) is 15.8. The summed E-state index contributed by atoms with van der Waals surface area (Å²) in [6.45, 7) is 3.02. The Morgan fingerprint density at radius 2 is 1.46 bits per heavy atom. The van der Waals surface area contributed by atoms with E-state index in [1.165, 1.54) is 20.0 Å². The molecule has 3 rings (SSSR count). The van der Waals surface area contributed by atoms with Crippen LogP contribution in [0.4, 0.5) is 5.69 Å². The number of carbonyl (C=O) groups is 2. The van der Waals surface area contributed by atoms with Crippen LogP contribution in [-0.4, -0.2) is 17.7 Å². The maximum atomic E-state index is 12.0. The summed E-state index contributed by atoms with van der Waals surface area (Å²) in [5.41, 5.74) is 2.57. The van der Waals surface area contributed by atoms with Crippen molar-refractivity contribution in [1.29, 1.82) is 0 Å². The Morgan fingerprint density at radius 1 is 0.875 bits per heavy atom. The van der Waals surface area contributed by atoms with Gasteiger partial charge in [-0.15, -0.1) is 0 Å². The molecule has 0 aliphatic carbocycles. The lowest BCUT2D eigenvalue weighted by atomic mass is 10.0. The number of carbonyl (C=O) groups excluding carboxylic acids is 2. The second-order valence-corrected chi connectivity index (χ2v) is 5.79. The molecule has 0 saturated carbocycles. The topological polar surface area (TPSA) is 64.6 Å². The van der Waals surface area contributed by atoms with E-state index in [9.17, 15) is 9.59 Å². The van der Waals surface area contributed by atoms with Crippen molar-refractivity contribution < 1.29 is 19.1 Å². The van der Waals surface area contributed by atoms with Crippen LogP contribution in [0.1, 0.15) is 13.8 Å². The Kier molecular flexibility index (Phi) is 4.08. The summed E-state index contributed by atoms with van der Waals surface area (Å²) in [4.78, 5) is 23.9. The van der Waals surface area contributed by atoms with E-state index in [0.29, 0.717) is 0 Å². The van der Waals surface area contributed by atoms with Gasteiger partial charge < -0.3 is 14.8 Å². The number of ether oxygens (including phenoxy) is 2. The molecule has 2 aromatic rings. The largest absolute Gasteiger partial charge is 0.419 e. The zero-order valence-electron chi connectivity index (χ0n) is 13.4. The molecular weight excluding hydrogens is 306 g/mol. The number of hydrogen-bond donors (Lipinski definition) is 1. The highest BCUT2D eigenvalue weighted by atomic mass is 16.7. The third-order valence-electron chi connectivity index (χ3n) is 3.50. The monoisotopic (exact) mass is 323 g/mol. The van der Waals surface area contributed by atoms with Gasteiger partial charge in [-0.3, -0.25) is 0 Å². The molecule has 0 bridgehead atoms. The summed E-state index contributed by atoms with van der Waals surface area (Å²) in [6, 6.07) is 17.4. The fourth-order valence-corrected chi connectivity index (χ4v) is 2.41. The smallest absolute Gasteiger partial charge is 0.350 e. The Hall–Kier alpha value is -3.08. The third kappa shape index (κ3) is 3.30. The van der Waals surface area contributed by atoms with Crippen molar-refractivity contribution in [2.75, 3.05) is 5.32 Å². The summed E-state index contributed by atoms with van der Waals surface area (Å²) < 4.78 is 10.1. The van der Waals surface area contributed by atoms with Crippen molar-refractivity contribution in [1.82, 2.24) is 0 Å². The van der Waals surface area contributed by atoms with Crippen LogP contribution in [0.5, 0.6) is 0 Å². The van der Waals surface area contributed by atoms with Crippen LogP contribution in [0.3, 0.4) is 0 Å². The number of cyclic esters (lactones) is 2. The van der Waals surface area contributed by atoms with Crippen molar-refractivity contribution in [3.05, 3.63) is 66.4 Å². The maximum Gasteiger partial charge on any atom is 0.350 e. The molecule has 0 atom stereocenters. The summed E-state index contributed by atoms with van der Waals surface area (Å²) in [5, 5.41) is 3.01. The highest BCUT2D eigenvalue weighted by Gasteiger charge is 2.38. The molecule has 122 valence electrons. The van der Waals surface area contributed by atoms with E-state index >= 15 is 0 Å². The summed E-state index contributed by atoms with van der Waals surface area (Å²) in [6.07, 6.45) is 1.32. The van der Waals surface area contributed by atoms with Crippen LogP contribution in [0, 0.1) is 0 Å². The minimum Gasteiger partial charge on any atom is -0.419 e. The molecule has 5 heteroatoms. The van der Waals surface area contributed by atoms with Crippen molar-refractivity contribution in [3.63, 3.8) is 0 Å². The Balaban J connectivity index is 1.88. The van der Waals surface area contributed by atoms with Gasteiger partial charge in [-0.25, -0.2) is 9.59 Å². The second-order valence-electron chi connectivity index (χ2n) is 5.79. The number of rotatable bonds is 3. The molecule has 0 unspecified atom stereocenters. The number of anilines is 1. The molecule has 24 heavy (non-hydrogen) atoms. The molecule has 2 aromatic carbocycles. The number of para-hydroxylation sites is 1. The zero-order chi connectivity index (χ0) is 17.2. The standard InChI is InChI=1S/C19H17NO4/c1-19(2)23-17(21)15(18(22)24-19)12-20-16-11-7-6-10-14(16)13-8-4-3-5-9-13/h3-12,20H,1-2H3. The van der Waals surface area contributed by atoms with Crippen LogP contribution in [0.25, 0.3) is 11.1 Å². The number of hydrogen-bond acceptors (Lipinski definition) is 5. The van der Waals surface area contributed by atoms with E-state index in [1.54, 1.807) is 0 Å². The molecular formula is C19H17NO4. The third-order valence-corrected chi connectivity index (χ3v) is 3.50. The van der Waals surface area contributed by atoms with Gasteiger partial charge in [0.2, 0.25) is 0 Å². The normalized spacial score (nSPS) is 16.2. The fraction of sp³-hybridized carbons (Fsp3) is 0.158. The van der Waals surface area contributed by atoms with Crippen molar-refractivity contribution >= 4 is 17.6 Å². The summed E-state index contributed by atoms with van der Waals surface area (Å²) >= 11 is 0. The van der Waals surface area contributed by atoms with E-state index < -0.39 is 17.7 Å². The molecule has 1 saturated heterocycles. The van der Waals surface area contributed by atoms with E-state index in [0.717, 1.165) is 16.8 Å². The van der Waals surface area contributed by atoms with E-state index in [1.807, 2.05) is 54.6 Å². The van der Waals surface area contributed by atoms with Crippen molar-refractivity contribution in [2.45, 2.75) is 19.6 Å². The molecule has 5 nitrogen and oxygen atoms in total. The van der Waals surface area contributed by atoms with Gasteiger partial charge in [0.05, 0.1) is 0 Å². The van der Waals surface area contributed by atoms with Crippen LogP contribution in [-0.2, 0) is 19.1 Å². The summed E-state index contributed by atoms with van der Waals surface area (Å²) in [7, 11) is 0. The lowest BCUT2D eigenvalue weighted by Gasteiger charge is -2.29. The Labute approximate surface area is 139 Å².